The molecule has 1 amide bonds. The molecule has 1 aromatic carbocycles. The zero-order valence-electron chi connectivity index (χ0n) is 17.5. The van der Waals surface area contributed by atoms with Crippen molar-refractivity contribution in [1.82, 2.24) is 14.5 Å². The SMILES string of the molecule is CC(C)CN(C(=O)CN1CCSCC1)c1c(N)n(Cc2ccccc2)c(=O)[nH]c1=O. The molecule has 0 unspecified atom stereocenters. The molecule has 9 heteroatoms. The lowest BCUT2D eigenvalue weighted by Gasteiger charge is -2.30. The summed E-state index contributed by atoms with van der Waals surface area (Å²) in [4.78, 5) is 44.3. The Labute approximate surface area is 180 Å². The molecule has 3 N–H and O–H groups in total. The monoisotopic (exact) mass is 431 g/mol. The lowest BCUT2D eigenvalue weighted by molar-refractivity contribution is -0.119. The van der Waals surface area contributed by atoms with Crippen LogP contribution >= 0.6 is 11.8 Å². The first kappa shape index (κ1) is 22.2. The Morgan fingerprint density at radius 1 is 1.20 bits per heavy atom. The molecule has 162 valence electrons. The van der Waals surface area contributed by atoms with Crippen LogP contribution in [-0.4, -0.2) is 58.0 Å². The van der Waals surface area contributed by atoms with E-state index in [-0.39, 0.29) is 36.4 Å². The van der Waals surface area contributed by atoms with E-state index in [2.05, 4.69) is 9.88 Å². The van der Waals surface area contributed by atoms with E-state index in [4.69, 9.17) is 5.73 Å². The van der Waals surface area contributed by atoms with E-state index in [0.717, 1.165) is 30.2 Å². The summed E-state index contributed by atoms with van der Waals surface area (Å²) in [6, 6.07) is 9.38. The second-order valence-corrected chi connectivity index (χ2v) is 9.08. The number of amides is 1. The van der Waals surface area contributed by atoms with Gasteiger partial charge in [0.2, 0.25) is 5.91 Å². The second-order valence-electron chi connectivity index (χ2n) is 7.85. The molecule has 1 aliphatic rings. The van der Waals surface area contributed by atoms with Crippen LogP contribution in [-0.2, 0) is 11.3 Å². The number of nitrogens with two attached hydrogens (primary N) is 1. The fraction of sp³-hybridized carbons (Fsp3) is 0.476. The third-order valence-corrected chi connectivity index (χ3v) is 5.92. The number of aromatic amines is 1. The summed E-state index contributed by atoms with van der Waals surface area (Å²) in [5.74, 6) is 1.93. The molecule has 1 saturated heterocycles. The smallest absolute Gasteiger partial charge is 0.330 e. The number of hydrogen-bond donors (Lipinski definition) is 2. The quantitative estimate of drug-likeness (QED) is 0.683. The number of nitrogen functional groups attached to an aromatic ring is 1. The summed E-state index contributed by atoms with van der Waals surface area (Å²) in [6.07, 6.45) is 0. The van der Waals surface area contributed by atoms with E-state index in [1.807, 2.05) is 55.9 Å². The van der Waals surface area contributed by atoms with Crippen LogP contribution in [0.3, 0.4) is 0 Å². The van der Waals surface area contributed by atoms with Gasteiger partial charge in [0.05, 0.1) is 13.1 Å². The lowest BCUT2D eigenvalue weighted by atomic mass is 10.2. The Bertz CT molecular complexity index is 980. The number of thioether (sulfide) groups is 1. The Hall–Kier alpha value is -2.52. The summed E-state index contributed by atoms with van der Waals surface area (Å²) in [6.45, 7) is 6.41. The molecule has 1 fully saturated rings. The Kier molecular flexibility index (Phi) is 7.38. The molecule has 0 radical (unpaired) electrons. The van der Waals surface area contributed by atoms with E-state index in [9.17, 15) is 14.4 Å². The molecular formula is C21H29N5O3S. The topological polar surface area (TPSA) is 104 Å². The van der Waals surface area contributed by atoms with Crippen molar-refractivity contribution >= 4 is 29.2 Å². The van der Waals surface area contributed by atoms with E-state index in [1.54, 1.807) is 0 Å². The number of hydrogen-bond acceptors (Lipinski definition) is 6. The van der Waals surface area contributed by atoms with Crippen molar-refractivity contribution in [1.29, 1.82) is 0 Å². The molecular weight excluding hydrogens is 402 g/mol. The van der Waals surface area contributed by atoms with Crippen LogP contribution in [0.15, 0.2) is 39.9 Å². The zero-order valence-corrected chi connectivity index (χ0v) is 18.3. The van der Waals surface area contributed by atoms with Crippen molar-refractivity contribution in [3.63, 3.8) is 0 Å². The van der Waals surface area contributed by atoms with Crippen LogP contribution in [0.2, 0.25) is 0 Å². The third kappa shape index (κ3) is 5.34. The highest BCUT2D eigenvalue weighted by atomic mass is 32.2. The van der Waals surface area contributed by atoms with Crippen LogP contribution in [0.1, 0.15) is 19.4 Å². The van der Waals surface area contributed by atoms with Gasteiger partial charge in [-0.3, -0.25) is 24.0 Å². The maximum absolute atomic E-state index is 13.2. The number of aromatic nitrogens is 2. The Balaban J connectivity index is 1.97. The first-order valence-electron chi connectivity index (χ1n) is 10.1. The molecule has 0 saturated carbocycles. The number of rotatable bonds is 7. The first-order valence-corrected chi connectivity index (χ1v) is 11.3. The number of anilines is 2. The standard InChI is InChI=1S/C21H29N5O3S/c1-15(2)12-25(17(27)14-24-8-10-30-11-9-24)18-19(22)26(21(29)23-20(18)28)13-16-6-4-3-5-7-16/h3-7,15H,8-14,22H2,1-2H3,(H,23,28,29). The van der Waals surface area contributed by atoms with Gasteiger partial charge in [0.15, 0.2) is 5.69 Å². The summed E-state index contributed by atoms with van der Waals surface area (Å²) in [5, 5.41) is 0. The largest absolute Gasteiger partial charge is 0.383 e. The van der Waals surface area contributed by atoms with Crippen molar-refractivity contribution < 1.29 is 4.79 Å². The Morgan fingerprint density at radius 2 is 1.87 bits per heavy atom. The highest BCUT2D eigenvalue weighted by Gasteiger charge is 2.26. The molecule has 0 aliphatic carbocycles. The van der Waals surface area contributed by atoms with Crippen LogP contribution in [0.25, 0.3) is 0 Å². The fourth-order valence-electron chi connectivity index (χ4n) is 3.48. The molecule has 1 aromatic heterocycles. The third-order valence-electron chi connectivity index (χ3n) is 4.98. The molecule has 8 nitrogen and oxygen atoms in total. The van der Waals surface area contributed by atoms with Crippen molar-refractivity contribution in [3.05, 3.63) is 56.7 Å². The highest BCUT2D eigenvalue weighted by Crippen LogP contribution is 2.20. The van der Waals surface area contributed by atoms with Crippen LogP contribution in [0.5, 0.6) is 0 Å². The maximum atomic E-state index is 13.2. The summed E-state index contributed by atoms with van der Waals surface area (Å²) in [7, 11) is 0. The minimum absolute atomic E-state index is 0.0100. The average Bonchev–Trinajstić information content (AvgIpc) is 2.71. The molecule has 0 bridgehead atoms. The number of carbonyl (C=O) groups is 1. The molecule has 0 spiro atoms. The van der Waals surface area contributed by atoms with Crippen LogP contribution < -0.4 is 21.9 Å². The molecule has 2 heterocycles. The van der Waals surface area contributed by atoms with Gasteiger partial charge in [0.1, 0.15) is 5.82 Å². The number of carbonyl (C=O) groups excluding carboxylic acids is 1. The average molecular weight is 432 g/mol. The van der Waals surface area contributed by atoms with Gasteiger partial charge < -0.3 is 10.6 Å². The predicted molar refractivity (Wildman–Crippen MR) is 122 cm³/mol. The van der Waals surface area contributed by atoms with Gasteiger partial charge in [-0.1, -0.05) is 44.2 Å². The van der Waals surface area contributed by atoms with Gasteiger partial charge >= 0.3 is 5.69 Å². The minimum Gasteiger partial charge on any atom is -0.383 e. The summed E-state index contributed by atoms with van der Waals surface area (Å²) in [5.41, 5.74) is 6.01. The fourth-order valence-corrected chi connectivity index (χ4v) is 4.46. The van der Waals surface area contributed by atoms with Crippen LogP contribution in [0.4, 0.5) is 11.5 Å². The minimum atomic E-state index is -0.634. The molecule has 1 aliphatic heterocycles. The van der Waals surface area contributed by atoms with Gasteiger partial charge in [0, 0.05) is 31.1 Å². The maximum Gasteiger partial charge on any atom is 0.330 e. The predicted octanol–water partition coefficient (Wildman–Crippen LogP) is 1.20. The van der Waals surface area contributed by atoms with E-state index < -0.39 is 11.2 Å². The number of nitrogens with one attached hydrogen (secondary N) is 1. The molecule has 2 aromatic rings. The molecule has 30 heavy (non-hydrogen) atoms. The van der Waals surface area contributed by atoms with Gasteiger partial charge in [0.25, 0.3) is 5.56 Å². The van der Waals surface area contributed by atoms with Crippen molar-refractivity contribution in [3.8, 4) is 0 Å². The first-order chi connectivity index (χ1) is 14.4. The zero-order chi connectivity index (χ0) is 21.7. The van der Waals surface area contributed by atoms with E-state index in [0.29, 0.717) is 6.54 Å². The number of benzene rings is 1. The van der Waals surface area contributed by atoms with Gasteiger partial charge in [-0.05, 0) is 11.5 Å². The lowest BCUT2D eigenvalue weighted by Crippen LogP contribution is -2.47. The van der Waals surface area contributed by atoms with Crippen molar-refractivity contribution in [2.45, 2.75) is 20.4 Å². The van der Waals surface area contributed by atoms with E-state index in [1.165, 1.54) is 9.47 Å². The number of nitrogens with zero attached hydrogens (tertiary/aromatic N) is 3. The van der Waals surface area contributed by atoms with Gasteiger partial charge in [-0.25, -0.2) is 4.79 Å². The second kappa shape index (κ2) is 9.99. The highest BCUT2D eigenvalue weighted by molar-refractivity contribution is 7.99. The van der Waals surface area contributed by atoms with E-state index >= 15 is 0 Å². The van der Waals surface area contributed by atoms with Gasteiger partial charge in [-0.15, -0.1) is 0 Å². The van der Waals surface area contributed by atoms with Crippen LogP contribution in [0, 0.1) is 5.92 Å². The normalized spacial score (nSPS) is 14.8. The molecule has 0 atom stereocenters. The summed E-state index contributed by atoms with van der Waals surface area (Å²) >= 11 is 1.87. The van der Waals surface area contributed by atoms with Crippen molar-refractivity contribution in [2.75, 3.05) is 48.3 Å². The van der Waals surface area contributed by atoms with Crippen molar-refractivity contribution in [2.24, 2.45) is 5.92 Å². The number of H-pyrrole nitrogens is 1. The van der Waals surface area contributed by atoms with Gasteiger partial charge in [-0.2, -0.15) is 11.8 Å². The summed E-state index contributed by atoms with van der Waals surface area (Å²) < 4.78 is 1.31. The molecule has 3 rings (SSSR count). The Morgan fingerprint density at radius 3 is 2.50 bits per heavy atom.